The number of amides is 3. The molecule has 0 saturated carbocycles. The number of nitrogens with zero attached hydrogens (tertiary/aromatic N) is 5. The number of carbonyl (C=O) groups excluding carboxylic acids is 4. The molecule has 10 aromatic rings. The van der Waals surface area contributed by atoms with E-state index in [2.05, 4.69) is 51.5 Å². The predicted molar refractivity (Wildman–Crippen MR) is 274 cm³/mol. The molecule has 0 bridgehead atoms. The molecule has 0 atom stereocenters. The quantitative estimate of drug-likeness (QED) is 0.0514. The summed E-state index contributed by atoms with van der Waals surface area (Å²) in [6.45, 7) is 3.83. The van der Waals surface area contributed by atoms with Gasteiger partial charge in [-0.15, -0.1) is 0 Å². The summed E-state index contributed by atoms with van der Waals surface area (Å²) in [5, 5.41) is 27.0. The number of primary amides is 1. The molecule has 0 aliphatic rings. The monoisotopic (exact) mass is 1070 g/mol. The maximum absolute atomic E-state index is 14.4. The van der Waals surface area contributed by atoms with Gasteiger partial charge < -0.3 is 37.9 Å². The number of rotatable bonds is 12. The van der Waals surface area contributed by atoms with Crippen LogP contribution in [0.4, 0.5) is 8.78 Å². The van der Waals surface area contributed by atoms with Crippen LogP contribution in [-0.2, 0) is 35.6 Å². The van der Waals surface area contributed by atoms with Crippen molar-refractivity contribution in [2.45, 2.75) is 47.2 Å². The summed E-state index contributed by atoms with van der Waals surface area (Å²) in [4.78, 5) is 72.2. The first-order valence-electron chi connectivity index (χ1n) is 22.5. The first kappa shape index (κ1) is 60.4. The van der Waals surface area contributed by atoms with Crippen molar-refractivity contribution in [3.8, 4) is 6.07 Å². The topological polar surface area (TPSA) is 258 Å². The molecular weight excluding hydrogens is 1020 g/mol. The Morgan fingerprint density at radius 2 is 1.14 bits per heavy atom. The number of nitriles is 1. The number of carbonyl (C=O) groups is 4. The molecule has 0 saturated heterocycles. The van der Waals surface area contributed by atoms with E-state index in [9.17, 15) is 28.4 Å². The molecule has 0 aliphatic heterocycles. The standard InChI is InChI=1S/C27H22FN5O2.C27H20FN5O.CH2O3.CH4.2K.H/c1-15-6-19-7-16(9-22(26(29)34)25(19)32-13-15)8-21-11-18(3-4-30-21)27(35)33-14-20-10-17-2-5-31-24(17)12-23(20)28;1-16-6-20-7-17(8-21(13-29)26(20)32-14-16)9-23-11-19(3-4-30-23)27(34)33-15-22-10-18-2-5-31-25(18)12-24(22)28;2-1-4-3;;;;/h2-7,9-13,31H,8,14H2,1H3,(H2,29,34)(H,33,35);2-8,10-12,14,31H,9,15H2,1H3,(H,33,34);1,3H;1H4;;;/q;;;;2*+1;-1/p-1. The first-order chi connectivity index (χ1) is 35.3. The fraction of sp³-hybridized carbons (Fsp3) is 0.125. The van der Waals surface area contributed by atoms with E-state index in [0.717, 1.165) is 43.8 Å². The van der Waals surface area contributed by atoms with Crippen LogP contribution in [0.25, 0.3) is 43.6 Å². The van der Waals surface area contributed by atoms with Gasteiger partial charge in [0.15, 0.2) is 0 Å². The number of aromatic amines is 2. The Morgan fingerprint density at radius 3 is 1.61 bits per heavy atom. The Balaban J connectivity index is 0.000000297. The molecule has 6 N–H and O–H groups in total. The van der Waals surface area contributed by atoms with Gasteiger partial charge in [-0.05, 0) is 144 Å². The summed E-state index contributed by atoms with van der Waals surface area (Å²) in [6.07, 6.45) is 10.9. The second-order valence-electron chi connectivity index (χ2n) is 16.9. The molecule has 20 heteroatoms. The Morgan fingerprint density at radius 1 is 0.684 bits per heavy atom. The first-order valence-corrected chi connectivity index (χ1v) is 22.5. The number of halogens is 2. The van der Waals surface area contributed by atoms with Crippen LogP contribution in [0.5, 0.6) is 0 Å². The SMILES string of the molecule is C.Cc1cnc2c(C#N)cc(Cc3cc(C(=O)NCc4cc5cc[nH]c5cc4F)ccn3)cc2c1.Cc1cnc2c(C(N)=O)cc(Cc3cc(C(=O)NCc4cc5cc[nH]c5cc4F)ccn3)cc2c1.O=CO[O-].[H-].[K+].[K+]. The van der Waals surface area contributed by atoms with Crippen molar-refractivity contribution in [1.82, 2.24) is 40.5 Å². The number of pyridine rings is 4. The zero-order chi connectivity index (χ0) is 51.6. The van der Waals surface area contributed by atoms with Gasteiger partial charge in [-0.3, -0.25) is 39.1 Å². The summed E-state index contributed by atoms with van der Waals surface area (Å²) in [5.41, 5.74) is 15.8. The van der Waals surface area contributed by atoms with Crippen LogP contribution in [0, 0.1) is 36.8 Å². The molecular formula is C56H48F2K2N10O6. The number of hydrogen-bond acceptors (Lipinski definition) is 11. The Hall–Kier alpha value is -6.46. The van der Waals surface area contributed by atoms with Crippen molar-refractivity contribution < 1.29 is 142 Å². The normalized spacial score (nSPS) is 10.3. The number of hydrogen-bond donors (Lipinski definition) is 5. The number of fused-ring (bicyclic) bond motifs is 4. The molecule has 10 rings (SSSR count). The van der Waals surface area contributed by atoms with Crippen LogP contribution < -0.4 is 124 Å². The van der Waals surface area contributed by atoms with Gasteiger partial charge in [0.1, 0.15) is 17.7 Å². The molecule has 0 radical (unpaired) electrons. The van der Waals surface area contributed by atoms with Crippen molar-refractivity contribution >= 4 is 67.8 Å². The van der Waals surface area contributed by atoms with Gasteiger partial charge in [0.2, 0.25) is 0 Å². The van der Waals surface area contributed by atoms with Crippen LogP contribution in [-0.4, -0.2) is 54.1 Å². The van der Waals surface area contributed by atoms with Crippen molar-refractivity contribution in [2.75, 3.05) is 0 Å². The summed E-state index contributed by atoms with van der Waals surface area (Å²) >= 11 is 0. The molecule has 3 amide bonds. The van der Waals surface area contributed by atoms with E-state index in [1.54, 1.807) is 85.7 Å². The van der Waals surface area contributed by atoms with E-state index in [-0.39, 0.29) is 155 Å². The van der Waals surface area contributed by atoms with E-state index in [1.807, 2.05) is 50.2 Å². The molecule has 0 spiro atoms. The summed E-state index contributed by atoms with van der Waals surface area (Å²) < 4.78 is 28.7. The third-order valence-electron chi connectivity index (χ3n) is 11.6. The molecule has 374 valence electrons. The van der Waals surface area contributed by atoms with Crippen molar-refractivity contribution in [2.24, 2.45) is 5.73 Å². The Labute approximate surface area is 521 Å². The van der Waals surface area contributed by atoms with E-state index in [1.165, 1.54) is 12.1 Å². The number of nitrogens with one attached hydrogen (secondary N) is 4. The number of nitrogens with two attached hydrogens (primary N) is 1. The van der Waals surface area contributed by atoms with Gasteiger partial charge in [-0.1, -0.05) is 7.43 Å². The van der Waals surface area contributed by atoms with Crippen LogP contribution in [0.1, 0.15) is 90.3 Å². The molecule has 0 fully saturated rings. The van der Waals surface area contributed by atoms with E-state index in [0.29, 0.717) is 79.7 Å². The van der Waals surface area contributed by atoms with Gasteiger partial charge in [0.05, 0.1) is 22.2 Å². The van der Waals surface area contributed by atoms with E-state index in [4.69, 9.17) is 15.8 Å². The minimum Gasteiger partial charge on any atom is -1.00 e. The molecule has 76 heavy (non-hydrogen) atoms. The fourth-order valence-electron chi connectivity index (χ4n) is 8.24. The molecule has 16 nitrogen and oxygen atoms in total. The Bertz CT molecular complexity index is 3800. The molecule has 0 unspecified atom stereocenters. The minimum atomic E-state index is -0.556. The Kier molecular flexibility index (Phi) is 22.3. The summed E-state index contributed by atoms with van der Waals surface area (Å²) in [5.74, 6) is -1.96. The van der Waals surface area contributed by atoms with Gasteiger partial charge >= 0.3 is 103 Å². The second kappa shape index (κ2) is 28.1. The summed E-state index contributed by atoms with van der Waals surface area (Å²) in [7, 11) is 0. The average molecular weight is 1070 g/mol. The van der Waals surface area contributed by atoms with Gasteiger partial charge in [-0.2, -0.15) is 5.26 Å². The van der Waals surface area contributed by atoms with Crippen molar-refractivity contribution in [3.05, 3.63) is 213 Å². The zero-order valence-corrected chi connectivity index (χ0v) is 47.4. The van der Waals surface area contributed by atoms with Crippen LogP contribution >= 0.6 is 0 Å². The van der Waals surface area contributed by atoms with Crippen LogP contribution in [0.15, 0.2) is 134 Å². The maximum atomic E-state index is 14.4. The average Bonchev–Trinajstić information content (AvgIpc) is 4.05. The third-order valence-corrected chi connectivity index (χ3v) is 11.6. The largest absolute Gasteiger partial charge is 1.00 e. The van der Waals surface area contributed by atoms with Crippen LogP contribution in [0.2, 0.25) is 0 Å². The number of aromatic nitrogens is 6. The predicted octanol–water partition coefficient (Wildman–Crippen LogP) is 2.32. The van der Waals surface area contributed by atoms with Crippen molar-refractivity contribution in [3.63, 3.8) is 0 Å². The van der Waals surface area contributed by atoms with Crippen molar-refractivity contribution in [1.29, 1.82) is 5.26 Å². The van der Waals surface area contributed by atoms with E-state index >= 15 is 0 Å². The van der Waals surface area contributed by atoms with Gasteiger partial charge in [0, 0.05) is 119 Å². The van der Waals surface area contributed by atoms with Crippen LogP contribution in [0.3, 0.4) is 0 Å². The molecule has 6 aromatic heterocycles. The maximum Gasteiger partial charge on any atom is 1.00 e. The van der Waals surface area contributed by atoms with Gasteiger partial charge in [0.25, 0.3) is 24.2 Å². The number of H-pyrrole nitrogens is 2. The fourth-order valence-corrected chi connectivity index (χ4v) is 8.24. The third kappa shape index (κ3) is 15.1. The minimum absolute atomic E-state index is 0. The molecule has 4 aromatic carbocycles. The molecule has 0 aliphatic carbocycles. The smallest absolute Gasteiger partial charge is 1.00 e. The van der Waals surface area contributed by atoms with Gasteiger partial charge in [-0.25, -0.2) is 8.78 Å². The number of aryl methyl sites for hydroxylation is 2. The second-order valence-corrected chi connectivity index (χ2v) is 16.9. The molecule has 6 heterocycles. The zero-order valence-electron chi connectivity index (χ0n) is 42.1. The number of benzene rings is 4. The summed E-state index contributed by atoms with van der Waals surface area (Å²) in [6, 6.07) is 30.2. The van der Waals surface area contributed by atoms with E-state index < -0.39 is 5.91 Å².